The standard InChI is InChI=1S/C12H15BrN2O3S/c1-18-12(17)14-8-2-4-15(6-8)7-10(16)11-9(13)3-5-19-11/h3,5,8H,2,4,6-7H2,1H3,(H,14,17). The van der Waals surface area contributed by atoms with Crippen molar-refractivity contribution in [2.24, 2.45) is 0 Å². The van der Waals surface area contributed by atoms with E-state index >= 15 is 0 Å². The summed E-state index contributed by atoms with van der Waals surface area (Å²) < 4.78 is 5.42. The zero-order valence-corrected chi connectivity index (χ0v) is 12.9. The van der Waals surface area contributed by atoms with E-state index in [0.717, 1.165) is 22.3 Å². The predicted octanol–water partition coefficient (Wildman–Crippen LogP) is 2.12. The smallest absolute Gasteiger partial charge is 0.407 e. The summed E-state index contributed by atoms with van der Waals surface area (Å²) >= 11 is 4.81. The highest BCUT2D eigenvalue weighted by molar-refractivity contribution is 9.10. The lowest BCUT2D eigenvalue weighted by Crippen LogP contribution is -2.37. The van der Waals surface area contributed by atoms with E-state index in [1.807, 2.05) is 11.4 Å². The molecule has 19 heavy (non-hydrogen) atoms. The second-order valence-corrected chi connectivity index (χ2v) is 6.15. The number of amides is 1. The third-order valence-corrected chi connectivity index (χ3v) is 4.90. The zero-order valence-electron chi connectivity index (χ0n) is 10.5. The number of ether oxygens (including phenoxy) is 1. The summed E-state index contributed by atoms with van der Waals surface area (Å²) in [6, 6.07) is 1.94. The minimum absolute atomic E-state index is 0.0621. The third-order valence-electron chi connectivity index (χ3n) is 3.02. The summed E-state index contributed by atoms with van der Waals surface area (Å²) in [5, 5.41) is 4.65. The van der Waals surface area contributed by atoms with Crippen molar-refractivity contribution >= 4 is 39.1 Å². The minimum Gasteiger partial charge on any atom is -0.453 e. The van der Waals surface area contributed by atoms with E-state index in [2.05, 4.69) is 30.9 Å². The summed E-state index contributed by atoms with van der Waals surface area (Å²) in [4.78, 5) is 26.0. The number of thiophene rings is 1. The summed E-state index contributed by atoms with van der Waals surface area (Å²) in [6.07, 6.45) is 0.424. The van der Waals surface area contributed by atoms with Crippen LogP contribution in [-0.4, -0.2) is 49.6 Å². The van der Waals surface area contributed by atoms with Gasteiger partial charge in [-0.1, -0.05) is 0 Å². The number of methoxy groups -OCH3 is 1. The number of hydrogen-bond acceptors (Lipinski definition) is 5. The number of rotatable bonds is 4. The number of carbonyl (C=O) groups excluding carboxylic acids is 2. The van der Waals surface area contributed by atoms with Crippen molar-refractivity contribution < 1.29 is 14.3 Å². The van der Waals surface area contributed by atoms with Crippen LogP contribution in [0.15, 0.2) is 15.9 Å². The van der Waals surface area contributed by atoms with Crippen molar-refractivity contribution in [2.75, 3.05) is 26.7 Å². The Hall–Kier alpha value is -0.920. The van der Waals surface area contributed by atoms with Crippen LogP contribution < -0.4 is 5.32 Å². The molecule has 5 nitrogen and oxygen atoms in total. The first-order valence-corrected chi connectivity index (χ1v) is 7.60. The molecule has 0 aromatic carbocycles. The van der Waals surface area contributed by atoms with Gasteiger partial charge in [-0.3, -0.25) is 9.69 Å². The number of alkyl carbamates (subject to hydrolysis) is 1. The van der Waals surface area contributed by atoms with Gasteiger partial charge in [-0.2, -0.15) is 0 Å². The fraction of sp³-hybridized carbons (Fsp3) is 0.500. The Morgan fingerprint density at radius 2 is 2.42 bits per heavy atom. The number of likely N-dealkylation sites (tertiary alicyclic amines) is 1. The molecule has 104 valence electrons. The summed E-state index contributed by atoms with van der Waals surface area (Å²) in [5.74, 6) is 0.112. The van der Waals surface area contributed by atoms with Crippen molar-refractivity contribution in [1.82, 2.24) is 10.2 Å². The van der Waals surface area contributed by atoms with Crippen molar-refractivity contribution in [2.45, 2.75) is 12.5 Å². The number of nitrogens with zero attached hydrogens (tertiary/aromatic N) is 1. The monoisotopic (exact) mass is 346 g/mol. The van der Waals surface area contributed by atoms with Gasteiger partial charge in [0.2, 0.25) is 0 Å². The van der Waals surface area contributed by atoms with Gasteiger partial charge in [0.15, 0.2) is 5.78 Å². The minimum atomic E-state index is -0.417. The van der Waals surface area contributed by atoms with Gasteiger partial charge >= 0.3 is 6.09 Å². The summed E-state index contributed by atoms with van der Waals surface area (Å²) in [5.41, 5.74) is 0. The molecule has 0 spiro atoms. The van der Waals surface area contributed by atoms with Gasteiger partial charge in [0.05, 0.1) is 18.5 Å². The van der Waals surface area contributed by atoms with Crippen LogP contribution in [0.2, 0.25) is 0 Å². The Morgan fingerprint density at radius 3 is 3.05 bits per heavy atom. The molecule has 1 N–H and O–H groups in total. The molecule has 0 saturated carbocycles. The Balaban J connectivity index is 1.84. The van der Waals surface area contributed by atoms with Gasteiger partial charge < -0.3 is 10.1 Å². The molecule has 0 radical (unpaired) electrons. The van der Waals surface area contributed by atoms with Crippen molar-refractivity contribution in [1.29, 1.82) is 0 Å². The average Bonchev–Trinajstić information content (AvgIpc) is 2.98. The maximum Gasteiger partial charge on any atom is 0.407 e. The van der Waals surface area contributed by atoms with E-state index in [0.29, 0.717) is 13.1 Å². The van der Waals surface area contributed by atoms with Crippen LogP contribution in [0.25, 0.3) is 0 Å². The predicted molar refractivity (Wildman–Crippen MR) is 76.7 cm³/mol. The number of halogens is 1. The fourth-order valence-corrected chi connectivity index (χ4v) is 3.61. The third kappa shape index (κ3) is 3.77. The SMILES string of the molecule is COC(=O)NC1CCN(CC(=O)c2sccc2Br)C1. The van der Waals surface area contributed by atoms with Gasteiger partial charge in [0.1, 0.15) is 0 Å². The van der Waals surface area contributed by atoms with E-state index in [1.54, 1.807) is 0 Å². The second-order valence-electron chi connectivity index (χ2n) is 4.38. The average molecular weight is 347 g/mol. The Labute approximate surface area is 124 Å². The Bertz CT molecular complexity index is 477. The lowest BCUT2D eigenvalue weighted by Gasteiger charge is -2.15. The molecule has 7 heteroatoms. The highest BCUT2D eigenvalue weighted by Gasteiger charge is 2.26. The van der Waals surface area contributed by atoms with E-state index in [-0.39, 0.29) is 11.8 Å². The fourth-order valence-electron chi connectivity index (χ4n) is 2.09. The van der Waals surface area contributed by atoms with Crippen LogP contribution in [0.1, 0.15) is 16.1 Å². The quantitative estimate of drug-likeness (QED) is 0.848. The number of nitrogens with one attached hydrogen (secondary N) is 1. The van der Waals surface area contributed by atoms with Crippen molar-refractivity contribution in [3.63, 3.8) is 0 Å². The molecule has 1 aliphatic heterocycles. The van der Waals surface area contributed by atoms with Gasteiger partial charge in [0.25, 0.3) is 0 Å². The zero-order chi connectivity index (χ0) is 13.8. The van der Waals surface area contributed by atoms with Gasteiger partial charge in [-0.15, -0.1) is 11.3 Å². The molecule has 2 heterocycles. The number of carbonyl (C=O) groups is 2. The lowest BCUT2D eigenvalue weighted by atomic mass is 10.3. The normalized spacial score (nSPS) is 19.4. The molecular weight excluding hydrogens is 332 g/mol. The molecule has 1 unspecified atom stereocenters. The topological polar surface area (TPSA) is 58.6 Å². The highest BCUT2D eigenvalue weighted by Crippen LogP contribution is 2.23. The molecule has 1 fully saturated rings. The number of hydrogen-bond donors (Lipinski definition) is 1. The maximum absolute atomic E-state index is 12.1. The van der Waals surface area contributed by atoms with Crippen LogP contribution in [0, 0.1) is 0 Å². The molecular formula is C12H15BrN2O3S. The van der Waals surface area contributed by atoms with Crippen molar-refractivity contribution in [3.05, 3.63) is 20.8 Å². The number of Topliss-reactive ketones (excluding diaryl/α,β-unsaturated/α-hetero) is 1. The van der Waals surface area contributed by atoms with Crippen LogP contribution >= 0.6 is 27.3 Å². The first-order chi connectivity index (χ1) is 9.10. The van der Waals surface area contributed by atoms with Crippen LogP contribution in [0.4, 0.5) is 4.79 Å². The van der Waals surface area contributed by atoms with Crippen LogP contribution in [0.5, 0.6) is 0 Å². The highest BCUT2D eigenvalue weighted by atomic mass is 79.9. The van der Waals surface area contributed by atoms with E-state index in [4.69, 9.17) is 0 Å². The lowest BCUT2D eigenvalue weighted by molar-refractivity contribution is 0.0947. The first kappa shape index (κ1) is 14.5. The molecule has 1 saturated heterocycles. The maximum atomic E-state index is 12.1. The van der Waals surface area contributed by atoms with Gasteiger partial charge in [-0.05, 0) is 33.8 Å². The molecule has 0 aliphatic carbocycles. The largest absolute Gasteiger partial charge is 0.453 e. The first-order valence-electron chi connectivity index (χ1n) is 5.93. The van der Waals surface area contributed by atoms with Crippen LogP contribution in [-0.2, 0) is 4.74 Å². The molecule has 1 aliphatic rings. The summed E-state index contributed by atoms with van der Waals surface area (Å²) in [6.45, 7) is 1.88. The molecule has 1 aromatic heterocycles. The van der Waals surface area contributed by atoms with Crippen LogP contribution in [0.3, 0.4) is 0 Å². The Morgan fingerprint density at radius 1 is 1.63 bits per heavy atom. The van der Waals surface area contributed by atoms with Crippen molar-refractivity contribution in [3.8, 4) is 0 Å². The number of ketones is 1. The summed E-state index contributed by atoms with van der Waals surface area (Å²) in [7, 11) is 1.35. The van der Waals surface area contributed by atoms with E-state index in [9.17, 15) is 9.59 Å². The molecule has 1 aromatic rings. The molecule has 1 amide bonds. The van der Waals surface area contributed by atoms with E-state index < -0.39 is 6.09 Å². The molecule has 1 atom stereocenters. The molecule has 0 bridgehead atoms. The van der Waals surface area contributed by atoms with Gasteiger partial charge in [-0.25, -0.2) is 4.79 Å². The second kappa shape index (κ2) is 6.49. The Kier molecular flexibility index (Phi) is 4.95. The van der Waals surface area contributed by atoms with Gasteiger partial charge in [0, 0.05) is 23.6 Å². The van der Waals surface area contributed by atoms with E-state index in [1.165, 1.54) is 18.4 Å². The molecule has 2 rings (SSSR count).